The molecule has 0 aliphatic heterocycles. The van der Waals surface area contributed by atoms with Crippen molar-refractivity contribution in [1.29, 1.82) is 0 Å². The van der Waals surface area contributed by atoms with Gasteiger partial charge < -0.3 is 10.1 Å². The predicted molar refractivity (Wildman–Crippen MR) is 140 cm³/mol. The van der Waals surface area contributed by atoms with Crippen LogP contribution in [0.5, 0.6) is 5.75 Å². The maximum atomic E-state index is 13.4. The Morgan fingerprint density at radius 1 is 1.03 bits per heavy atom. The van der Waals surface area contributed by atoms with Crippen LogP contribution in [-0.2, 0) is 28.0 Å². The summed E-state index contributed by atoms with van der Waals surface area (Å²) in [5.74, 6) is -0.855. The molecule has 4 aromatic rings. The van der Waals surface area contributed by atoms with Crippen molar-refractivity contribution in [3.05, 3.63) is 107 Å². The maximum absolute atomic E-state index is 13.4. The first-order valence-electron chi connectivity index (χ1n) is 12.4. The van der Waals surface area contributed by atoms with Crippen LogP contribution in [0.2, 0.25) is 0 Å². The number of rotatable bonds is 9. The van der Waals surface area contributed by atoms with Crippen molar-refractivity contribution in [3.8, 4) is 5.75 Å². The summed E-state index contributed by atoms with van der Waals surface area (Å²) in [5, 5.41) is 13.3. The number of amides is 2. The lowest BCUT2D eigenvalue weighted by molar-refractivity contribution is -0.133. The number of carbonyl (C=O) groups is 2. The molecule has 3 N–H and O–H groups in total. The average molecular weight is 496 g/mol. The summed E-state index contributed by atoms with van der Waals surface area (Å²) >= 11 is 0. The highest BCUT2D eigenvalue weighted by atomic mass is 16.5. The van der Waals surface area contributed by atoms with Crippen LogP contribution < -0.4 is 15.5 Å². The number of para-hydroxylation sites is 1. The normalized spacial score (nSPS) is 18.3. The fourth-order valence-corrected chi connectivity index (χ4v) is 5.02. The molecule has 1 fully saturated rings. The quantitative estimate of drug-likeness (QED) is 0.238. The number of hydrogen-bond donors (Lipinski definition) is 3. The first-order valence-corrected chi connectivity index (χ1v) is 12.4. The summed E-state index contributed by atoms with van der Waals surface area (Å²) in [6.45, 7) is 2.74. The Bertz CT molecular complexity index is 1440. The monoisotopic (exact) mass is 495 g/mol. The summed E-state index contributed by atoms with van der Waals surface area (Å²) in [5.41, 5.74) is 5.31. The Morgan fingerprint density at radius 3 is 2.62 bits per heavy atom. The highest BCUT2D eigenvalue weighted by molar-refractivity contribution is 6.00. The molecule has 188 valence electrons. The smallest absolute Gasteiger partial charge is 0.247 e. The molecule has 0 saturated heterocycles. The third-order valence-corrected chi connectivity index (χ3v) is 7.01. The van der Waals surface area contributed by atoms with E-state index < -0.39 is 17.2 Å². The third kappa shape index (κ3) is 5.04. The lowest BCUT2D eigenvalue weighted by Crippen LogP contribution is -2.39. The topological polar surface area (TPSA) is 101 Å². The molecule has 0 radical (unpaired) electrons. The summed E-state index contributed by atoms with van der Waals surface area (Å²) in [6, 6.07) is 27.2. The lowest BCUT2D eigenvalue weighted by atomic mass is 9.91. The van der Waals surface area contributed by atoms with E-state index in [9.17, 15) is 14.8 Å². The third-order valence-electron chi connectivity index (χ3n) is 7.01. The summed E-state index contributed by atoms with van der Waals surface area (Å²) in [7, 11) is 0. The number of hydrogen-bond acceptors (Lipinski definition) is 5. The molecular formula is C30H29N3O4. The molecule has 1 aliphatic carbocycles. The van der Waals surface area contributed by atoms with Gasteiger partial charge in [-0.05, 0) is 55.2 Å². The highest BCUT2D eigenvalue weighted by Gasteiger charge is 2.64. The summed E-state index contributed by atoms with van der Waals surface area (Å²) < 4.78 is 6.15. The van der Waals surface area contributed by atoms with Gasteiger partial charge in [-0.3, -0.25) is 19.8 Å². The zero-order chi connectivity index (χ0) is 25.8. The molecule has 2 amide bonds. The van der Waals surface area contributed by atoms with Crippen molar-refractivity contribution in [1.82, 2.24) is 15.8 Å². The number of nitrogens with zero attached hydrogens (tertiary/aromatic N) is 1. The fourth-order valence-electron chi connectivity index (χ4n) is 5.02. The zero-order valence-corrected chi connectivity index (χ0v) is 20.6. The van der Waals surface area contributed by atoms with Crippen LogP contribution in [0.15, 0.2) is 84.9 Å². The van der Waals surface area contributed by atoms with E-state index >= 15 is 0 Å². The first-order chi connectivity index (χ1) is 18.0. The van der Waals surface area contributed by atoms with Gasteiger partial charge in [-0.15, -0.1) is 0 Å². The molecule has 2 unspecified atom stereocenters. The van der Waals surface area contributed by atoms with Crippen molar-refractivity contribution in [3.63, 3.8) is 0 Å². The number of nitrogens with one attached hydrogen (secondary N) is 2. The van der Waals surface area contributed by atoms with E-state index in [1.54, 1.807) is 5.48 Å². The largest absolute Gasteiger partial charge is 0.489 e. The van der Waals surface area contributed by atoms with Gasteiger partial charge in [0.25, 0.3) is 0 Å². The van der Waals surface area contributed by atoms with E-state index in [4.69, 9.17) is 4.74 Å². The molecule has 1 aliphatic rings. The maximum Gasteiger partial charge on any atom is 0.247 e. The minimum absolute atomic E-state index is 0.232. The van der Waals surface area contributed by atoms with Gasteiger partial charge in [0.1, 0.15) is 12.4 Å². The number of hydroxylamine groups is 1. The Hall–Kier alpha value is -4.23. The molecule has 2 atom stereocenters. The number of benzene rings is 3. The second-order valence-corrected chi connectivity index (χ2v) is 9.45. The number of pyridine rings is 1. The highest BCUT2D eigenvalue weighted by Crippen LogP contribution is 2.55. The molecule has 0 spiro atoms. The van der Waals surface area contributed by atoms with E-state index in [2.05, 4.69) is 10.3 Å². The van der Waals surface area contributed by atoms with Crippen LogP contribution in [0, 0.1) is 12.8 Å². The Labute approximate surface area is 215 Å². The molecule has 1 aromatic heterocycles. The van der Waals surface area contributed by atoms with Crippen molar-refractivity contribution in [2.24, 2.45) is 5.92 Å². The number of aryl methyl sites for hydroxylation is 1. The van der Waals surface area contributed by atoms with Crippen molar-refractivity contribution in [2.75, 3.05) is 6.54 Å². The van der Waals surface area contributed by atoms with Gasteiger partial charge in [-0.2, -0.15) is 0 Å². The van der Waals surface area contributed by atoms with Gasteiger partial charge in [0.2, 0.25) is 11.8 Å². The molecule has 7 nitrogen and oxygen atoms in total. The van der Waals surface area contributed by atoms with E-state index in [0.29, 0.717) is 37.3 Å². The summed E-state index contributed by atoms with van der Waals surface area (Å²) in [6.07, 6.45) is 0.996. The van der Waals surface area contributed by atoms with Crippen molar-refractivity contribution >= 4 is 22.7 Å². The van der Waals surface area contributed by atoms with Crippen molar-refractivity contribution in [2.45, 2.75) is 31.8 Å². The van der Waals surface area contributed by atoms with E-state index in [-0.39, 0.29) is 5.91 Å². The second-order valence-electron chi connectivity index (χ2n) is 9.45. The molecule has 3 aromatic carbocycles. The molecular weight excluding hydrogens is 466 g/mol. The Balaban J connectivity index is 1.34. The molecule has 0 bridgehead atoms. The van der Waals surface area contributed by atoms with Gasteiger partial charge in [-0.25, -0.2) is 5.48 Å². The summed E-state index contributed by atoms with van der Waals surface area (Å²) in [4.78, 5) is 30.3. The lowest BCUT2D eigenvalue weighted by Gasteiger charge is -2.19. The number of fused-ring (bicyclic) bond motifs is 1. The van der Waals surface area contributed by atoms with Gasteiger partial charge >= 0.3 is 0 Å². The molecule has 1 saturated carbocycles. The standard InChI is InChI=1S/C30H29N3O4/c1-20-16-22(25-12-5-6-13-27(25)32-20)19-37-24-11-7-10-23(17-24)30(18-26(30)28(34)33-36)29(35)31-15-14-21-8-3-2-4-9-21/h2-13,16-17,26,36H,14-15,18-19H2,1H3,(H,31,35)(H,33,34). The van der Waals surface area contributed by atoms with Crippen LogP contribution in [0.4, 0.5) is 0 Å². The van der Waals surface area contributed by atoms with Crippen LogP contribution in [-0.4, -0.2) is 28.6 Å². The SMILES string of the molecule is Cc1cc(COc2cccc(C3(C(=O)NCCc4ccccc4)CC3C(=O)NO)c2)c2ccccc2n1. The van der Waals surface area contributed by atoms with Gasteiger partial charge in [0.15, 0.2) is 0 Å². The Morgan fingerprint density at radius 2 is 1.81 bits per heavy atom. The minimum atomic E-state index is -1.05. The average Bonchev–Trinajstić information content (AvgIpc) is 3.69. The minimum Gasteiger partial charge on any atom is -0.489 e. The van der Waals surface area contributed by atoms with Crippen molar-refractivity contribution < 1.29 is 19.5 Å². The molecule has 7 heteroatoms. The number of ether oxygens (including phenoxy) is 1. The fraction of sp³-hybridized carbons (Fsp3) is 0.233. The van der Waals surface area contributed by atoms with Gasteiger partial charge in [0, 0.05) is 23.2 Å². The molecule has 5 rings (SSSR count). The zero-order valence-electron chi connectivity index (χ0n) is 20.6. The predicted octanol–water partition coefficient (Wildman–Crippen LogP) is 4.24. The number of carbonyl (C=O) groups excluding carboxylic acids is 2. The Kier molecular flexibility index (Phi) is 6.88. The van der Waals surface area contributed by atoms with Gasteiger partial charge in [-0.1, -0.05) is 60.7 Å². The van der Waals surface area contributed by atoms with Crippen LogP contribution in [0.3, 0.4) is 0 Å². The second kappa shape index (κ2) is 10.4. The molecule has 1 heterocycles. The number of aromatic nitrogens is 1. The van der Waals surface area contributed by atoms with Crippen LogP contribution in [0.1, 0.15) is 28.8 Å². The van der Waals surface area contributed by atoms with E-state index in [1.807, 2.05) is 91.9 Å². The van der Waals surface area contributed by atoms with Gasteiger partial charge in [0.05, 0.1) is 16.8 Å². The molecule has 37 heavy (non-hydrogen) atoms. The van der Waals surface area contributed by atoms with E-state index in [0.717, 1.165) is 27.7 Å². The first kappa shape index (κ1) is 24.5. The van der Waals surface area contributed by atoms with Crippen LogP contribution in [0.25, 0.3) is 10.9 Å². The van der Waals surface area contributed by atoms with Crippen LogP contribution >= 0.6 is 0 Å². The van der Waals surface area contributed by atoms with E-state index in [1.165, 1.54) is 0 Å².